The highest BCUT2D eigenvalue weighted by Gasteiger charge is 2.48. The van der Waals surface area contributed by atoms with Crippen LogP contribution in [-0.4, -0.2) is 10.7 Å². The third-order valence-corrected chi connectivity index (χ3v) is 6.23. The zero-order valence-electron chi connectivity index (χ0n) is 15.9. The number of hydrazone groups is 1. The number of hydrogen-bond donors (Lipinski definition) is 0. The maximum absolute atomic E-state index is 6.57. The van der Waals surface area contributed by atoms with Gasteiger partial charge in [-0.2, -0.15) is 5.10 Å². The lowest BCUT2D eigenvalue weighted by Gasteiger charge is -2.46. The van der Waals surface area contributed by atoms with E-state index in [1.165, 1.54) is 16.7 Å². The van der Waals surface area contributed by atoms with Crippen LogP contribution in [0.3, 0.4) is 0 Å². The summed E-state index contributed by atoms with van der Waals surface area (Å²) in [6.45, 7) is 4.22. The molecule has 0 amide bonds. The second-order valence-electron chi connectivity index (χ2n) is 7.61. The summed E-state index contributed by atoms with van der Waals surface area (Å²) in [5, 5.41) is 7.22. The molecule has 3 nitrogen and oxygen atoms in total. The van der Waals surface area contributed by atoms with Crippen LogP contribution >= 0.6 is 15.9 Å². The van der Waals surface area contributed by atoms with Crippen molar-refractivity contribution in [3.63, 3.8) is 0 Å². The molecular formula is C24H21BrN2O. The molecule has 0 saturated heterocycles. The highest BCUT2D eigenvalue weighted by atomic mass is 79.9. The monoisotopic (exact) mass is 432 g/mol. The highest BCUT2D eigenvalue weighted by Crippen LogP contribution is 2.50. The van der Waals surface area contributed by atoms with Crippen LogP contribution in [0, 0.1) is 6.92 Å². The van der Waals surface area contributed by atoms with E-state index in [2.05, 4.69) is 102 Å². The van der Waals surface area contributed by atoms with Gasteiger partial charge >= 0.3 is 0 Å². The van der Waals surface area contributed by atoms with Gasteiger partial charge in [0.1, 0.15) is 5.75 Å². The van der Waals surface area contributed by atoms with Crippen LogP contribution in [0.25, 0.3) is 0 Å². The molecule has 0 bridgehead atoms. The Morgan fingerprint density at radius 2 is 1.71 bits per heavy atom. The number of hydrogen-bond acceptors (Lipinski definition) is 3. The van der Waals surface area contributed by atoms with Crippen molar-refractivity contribution < 1.29 is 4.74 Å². The summed E-state index contributed by atoms with van der Waals surface area (Å²) in [6.07, 6.45) is 0.871. The van der Waals surface area contributed by atoms with Gasteiger partial charge in [0.25, 0.3) is 0 Å². The van der Waals surface area contributed by atoms with Gasteiger partial charge in [0, 0.05) is 28.9 Å². The summed E-state index contributed by atoms with van der Waals surface area (Å²) < 4.78 is 7.62. The molecule has 4 heteroatoms. The Bertz CT molecular complexity index is 1060. The van der Waals surface area contributed by atoms with Crippen LogP contribution in [0.15, 0.2) is 82.4 Å². The molecule has 2 atom stereocenters. The molecule has 28 heavy (non-hydrogen) atoms. The van der Waals surface area contributed by atoms with E-state index < -0.39 is 5.72 Å². The summed E-state index contributed by atoms with van der Waals surface area (Å²) >= 11 is 3.53. The second-order valence-corrected chi connectivity index (χ2v) is 8.52. The van der Waals surface area contributed by atoms with E-state index in [0.29, 0.717) is 0 Å². The topological polar surface area (TPSA) is 24.8 Å². The van der Waals surface area contributed by atoms with Gasteiger partial charge in [-0.25, -0.2) is 5.01 Å². The van der Waals surface area contributed by atoms with Gasteiger partial charge in [-0.1, -0.05) is 76.1 Å². The summed E-state index contributed by atoms with van der Waals surface area (Å²) in [7, 11) is 0. The van der Waals surface area contributed by atoms with E-state index in [-0.39, 0.29) is 6.04 Å². The zero-order valence-corrected chi connectivity index (χ0v) is 17.5. The van der Waals surface area contributed by atoms with Gasteiger partial charge < -0.3 is 4.74 Å². The molecule has 0 fully saturated rings. The molecule has 140 valence electrons. The van der Waals surface area contributed by atoms with Gasteiger partial charge in [0.05, 0.1) is 11.8 Å². The average molecular weight is 433 g/mol. The number of ether oxygens (including phenoxy) is 1. The average Bonchev–Trinajstić information content (AvgIpc) is 3.16. The first-order chi connectivity index (χ1) is 13.5. The van der Waals surface area contributed by atoms with E-state index in [9.17, 15) is 0 Å². The summed E-state index contributed by atoms with van der Waals surface area (Å²) in [5.74, 6) is 0.939. The fourth-order valence-electron chi connectivity index (χ4n) is 4.13. The lowest BCUT2D eigenvalue weighted by molar-refractivity contribution is -0.112. The van der Waals surface area contributed by atoms with Crippen molar-refractivity contribution in [2.45, 2.75) is 32.0 Å². The zero-order chi connectivity index (χ0) is 19.3. The molecule has 0 aliphatic carbocycles. The molecule has 2 unspecified atom stereocenters. The van der Waals surface area contributed by atoms with Gasteiger partial charge in [0.2, 0.25) is 5.72 Å². The van der Waals surface area contributed by atoms with Gasteiger partial charge in [-0.15, -0.1) is 0 Å². The van der Waals surface area contributed by atoms with Crippen LogP contribution in [0.4, 0.5) is 0 Å². The molecule has 2 aliphatic heterocycles. The summed E-state index contributed by atoms with van der Waals surface area (Å²) in [6, 6.07) is 25.4. The van der Waals surface area contributed by atoms with Crippen LogP contribution < -0.4 is 4.74 Å². The van der Waals surface area contributed by atoms with Crippen LogP contribution in [-0.2, 0) is 5.72 Å². The fraction of sp³-hybridized carbons (Fsp3) is 0.208. The summed E-state index contributed by atoms with van der Waals surface area (Å²) in [4.78, 5) is 0. The molecule has 5 rings (SSSR count). The molecule has 0 saturated carbocycles. The van der Waals surface area contributed by atoms with Crippen molar-refractivity contribution in [3.8, 4) is 5.75 Å². The van der Waals surface area contributed by atoms with E-state index >= 15 is 0 Å². The number of halogens is 1. The third kappa shape index (κ3) is 2.75. The Balaban J connectivity index is 1.64. The fourth-order valence-corrected chi connectivity index (χ4v) is 4.39. The number of aryl methyl sites for hydroxylation is 1. The minimum atomic E-state index is -0.661. The molecule has 0 aromatic heterocycles. The SMILES string of the molecule is Cc1ccc(C2=NN3C(C2)c2ccccc2OC3(C)c2ccc(Br)cc2)cc1. The number of benzene rings is 3. The summed E-state index contributed by atoms with van der Waals surface area (Å²) in [5.41, 5.74) is 5.16. The van der Waals surface area contributed by atoms with Gasteiger partial charge in [-0.05, 0) is 30.7 Å². The lowest BCUT2D eigenvalue weighted by atomic mass is 9.92. The lowest BCUT2D eigenvalue weighted by Crippen LogP contribution is -2.48. The maximum atomic E-state index is 6.57. The second kappa shape index (κ2) is 6.49. The minimum absolute atomic E-state index is 0.162. The highest BCUT2D eigenvalue weighted by molar-refractivity contribution is 9.10. The van der Waals surface area contributed by atoms with Crippen molar-refractivity contribution in [1.82, 2.24) is 5.01 Å². The van der Waals surface area contributed by atoms with Gasteiger partial charge in [-0.3, -0.25) is 0 Å². The predicted octanol–water partition coefficient (Wildman–Crippen LogP) is 6.17. The molecule has 0 radical (unpaired) electrons. The van der Waals surface area contributed by atoms with Crippen LogP contribution in [0.2, 0.25) is 0 Å². The van der Waals surface area contributed by atoms with Crippen molar-refractivity contribution in [1.29, 1.82) is 0 Å². The van der Waals surface area contributed by atoms with Crippen molar-refractivity contribution in [2.24, 2.45) is 5.10 Å². The standard InChI is InChI=1S/C24H21BrN2O/c1-16-7-9-17(10-8-16)21-15-22-20-5-3-4-6-23(20)28-24(2,27(22)26-21)18-11-13-19(25)14-12-18/h3-14,22H,15H2,1-2H3. The predicted molar refractivity (Wildman–Crippen MR) is 115 cm³/mol. The quantitative estimate of drug-likeness (QED) is 0.483. The smallest absolute Gasteiger partial charge is 0.221 e. The normalized spacial score (nSPS) is 22.9. The molecule has 2 heterocycles. The number of fused-ring (bicyclic) bond motifs is 3. The molecule has 3 aromatic rings. The minimum Gasteiger partial charge on any atom is -0.462 e. The van der Waals surface area contributed by atoms with Crippen LogP contribution in [0.1, 0.15) is 41.6 Å². The van der Waals surface area contributed by atoms with Crippen LogP contribution in [0.5, 0.6) is 5.75 Å². The van der Waals surface area contributed by atoms with Gasteiger partial charge in [0.15, 0.2) is 0 Å². The van der Waals surface area contributed by atoms with Crippen molar-refractivity contribution in [3.05, 3.63) is 99.5 Å². The Hall–Kier alpha value is -2.59. The number of rotatable bonds is 2. The van der Waals surface area contributed by atoms with E-state index in [0.717, 1.165) is 27.9 Å². The molecular weight excluding hydrogens is 412 g/mol. The first-order valence-electron chi connectivity index (χ1n) is 9.52. The van der Waals surface area contributed by atoms with Crippen molar-refractivity contribution >= 4 is 21.6 Å². The molecule has 0 spiro atoms. The van der Waals surface area contributed by atoms with E-state index in [1.54, 1.807) is 0 Å². The third-order valence-electron chi connectivity index (χ3n) is 5.70. The molecule has 0 N–H and O–H groups in total. The Labute approximate surface area is 173 Å². The Morgan fingerprint density at radius 3 is 2.46 bits per heavy atom. The maximum Gasteiger partial charge on any atom is 0.221 e. The van der Waals surface area contributed by atoms with Crippen molar-refractivity contribution in [2.75, 3.05) is 0 Å². The molecule has 3 aromatic carbocycles. The number of nitrogens with zero attached hydrogens (tertiary/aromatic N) is 2. The first-order valence-corrected chi connectivity index (χ1v) is 10.3. The number of para-hydroxylation sites is 1. The molecule has 2 aliphatic rings. The van der Waals surface area contributed by atoms with E-state index in [4.69, 9.17) is 9.84 Å². The Kier molecular flexibility index (Phi) is 4.06. The first kappa shape index (κ1) is 17.5. The largest absolute Gasteiger partial charge is 0.462 e. The Morgan fingerprint density at radius 1 is 1.00 bits per heavy atom. The van der Waals surface area contributed by atoms with E-state index in [1.807, 2.05) is 6.07 Å².